The smallest absolute Gasteiger partial charge is 0.239 e. The maximum Gasteiger partial charge on any atom is 0.239 e. The van der Waals surface area contributed by atoms with Crippen LogP contribution in [0.5, 0.6) is 0 Å². The highest BCUT2D eigenvalue weighted by molar-refractivity contribution is 6.27. The van der Waals surface area contributed by atoms with E-state index in [1.54, 1.807) is 0 Å². The van der Waals surface area contributed by atoms with Crippen LogP contribution in [-0.2, 0) is 9.59 Å². The largest absolute Gasteiger partial charge is 0.354 e. The van der Waals surface area contributed by atoms with Gasteiger partial charge in [-0.2, -0.15) is 0 Å². The van der Waals surface area contributed by atoms with Crippen molar-refractivity contribution >= 4 is 23.4 Å². The summed E-state index contributed by atoms with van der Waals surface area (Å²) in [5.74, 6) is -0.0712. The third-order valence-electron chi connectivity index (χ3n) is 2.88. The molecule has 0 spiro atoms. The fraction of sp³-hybridized carbons (Fsp3) is 0.818. The molecule has 0 radical (unpaired) electrons. The number of amides is 2. The van der Waals surface area contributed by atoms with Crippen LogP contribution in [0.4, 0.5) is 0 Å². The lowest BCUT2D eigenvalue weighted by Crippen LogP contribution is -2.42. The Balaban J connectivity index is 2.12. The minimum atomic E-state index is -0.320. The van der Waals surface area contributed by atoms with Gasteiger partial charge in [-0.1, -0.05) is 0 Å². The molecule has 5 nitrogen and oxygen atoms in total. The van der Waals surface area contributed by atoms with Crippen LogP contribution < -0.4 is 10.6 Å². The summed E-state index contributed by atoms with van der Waals surface area (Å²) in [5.41, 5.74) is 0. The van der Waals surface area contributed by atoms with Crippen LogP contribution in [0.1, 0.15) is 12.8 Å². The van der Waals surface area contributed by atoms with Gasteiger partial charge in [0.25, 0.3) is 0 Å². The average Bonchev–Trinajstić information content (AvgIpc) is 2.33. The highest BCUT2D eigenvalue weighted by Crippen LogP contribution is 2.13. The molecule has 6 heteroatoms. The Hall–Kier alpha value is -0.810. The molecule has 0 saturated carbocycles. The van der Waals surface area contributed by atoms with E-state index in [0.29, 0.717) is 12.5 Å². The molecule has 1 unspecified atom stereocenters. The quantitative estimate of drug-likeness (QED) is 0.674. The van der Waals surface area contributed by atoms with Gasteiger partial charge in [0, 0.05) is 13.1 Å². The second kappa shape index (κ2) is 7.50. The molecule has 1 atom stereocenters. The number of carbonyl (C=O) groups excluding carboxylic acids is 2. The molecular formula is C11H20ClN3O2. The molecular weight excluding hydrogens is 242 g/mol. The second-order valence-electron chi connectivity index (χ2n) is 4.48. The Kier molecular flexibility index (Phi) is 6.29. The van der Waals surface area contributed by atoms with Gasteiger partial charge in [-0.3, -0.25) is 9.59 Å². The maximum atomic E-state index is 11.4. The van der Waals surface area contributed by atoms with Crippen LogP contribution in [0.25, 0.3) is 0 Å². The molecule has 0 aliphatic carbocycles. The van der Waals surface area contributed by atoms with Crippen LogP contribution in [0, 0.1) is 5.92 Å². The SMILES string of the molecule is CN1CCCC(CNC(=O)CNC(=O)CCl)C1. The highest BCUT2D eigenvalue weighted by atomic mass is 35.5. The predicted molar refractivity (Wildman–Crippen MR) is 67.0 cm³/mol. The van der Waals surface area contributed by atoms with Gasteiger partial charge in [0.15, 0.2) is 0 Å². The van der Waals surface area contributed by atoms with Crippen molar-refractivity contribution in [3.8, 4) is 0 Å². The Morgan fingerprint density at radius 3 is 2.76 bits per heavy atom. The lowest BCUT2D eigenvalue weighted by Gasteiger charge is -2.29. The number of nitrogens with zero attached hydrogens (tertiary/aromatic N) is 1. The van der Waals surface area contributed by atoms with Gasteiger partial charge in [-0.05, 0) is 32.4 Å². The first-order chi connectivity index (χ1) is 8.11. The Bertz CT molecular complexity index is 273. The van der Waals surface area contributed by atoms with Crippen molar-refractivity contribution in [2.75, 3.05) is 39.1 Å². The molecule has 17 heavy (non-hydrogen) atoms. The molecule has 0 aromatic heterocycles. The molecule has 1 fully saturated rings. The molecule has 0 aromatic carbocycles. The van der Waals surface area contributed by atoms with E-state index >= 15 is 0 Å². The predicted octanol–water partition coefficient (Wildman–Crippen LogP) is -0.201. The first-order valence-corrected chi connectivity index (χ1v) is 6.43. The van der Waals surface area contributed by atoms with Crippen LogP contribution in [-0.4, -0.2) is 55.8 Å². The molecule has 2 amide bonds. The average molecular weight is 262 g/mol. The van der Waals surface area contributed by atoms with Crippen LogP contribution in [0.15, 0.2) is 0 Å². The molecule has 0 aromatic rings. The van der Waals surface area contributed by atoms with Crippen molar-refractivity contribution in [2.45, 2.75) is 12.8 Å². The summed E-state index contributed by atoms with van der Waals surface area (Å²) in [5, 5.41) is 5.26. The van der Waals surface area contributed by atoms with Crippen LogP contribution in [0.3, 0.4) is 0 Å². The van der Waals surface area contributed by atoms with E-state index in [1.165, 1.54) is 6.42 Å². The number of halogens is 1. The number of hydrogen-bond acceptors (Lipinski definition) is 3. The molecule has 2 N–H and O–H groups in total. The van der Waals surface area contributed by atoms with Gasteiger partial charge in [-0.25, -0.2) is 0 Å². The van der Waals surface area contributed by atoms with Gasteiger partial charge >= 0.3 is 0 Å². The van der Waals surface area contributed by atoms with E-state index in [1.807, 2.05) is 0 Å². The summed E-state index contributed by atoms with van der Waals surface area (Å²) in [6.45, 7) is 2.85. The Labute approximate surface area is 107 Å². The third-order valence-corrected chi connectivity index (χ3v) is 3.12. The van der Waals surface area contributed by atoms with Gasteiger partial charge in [-0.15, -0.1) is 11.6 Å². The first-order valence-electron chi connectivity index (χ1n) is 5.89. The summed E-state index contributed by atoms with van der Waals surface area (Å²) >= 11 is 5.30. The first kappa shape index (κ1) is 14.3. The van der Waals surface area contributed by atoms with E-state index in [0.717, 1.165) is 19.5 Å². The van der Waals surface area contributed by atoms with Gasteiger partial charge < -0.3 is 15.5 Å². The standard InChI is InChI=1S/C11H20ClN3O2/c1-15-4-2-3-9(8-15)6-13-11(17)7-14-10(16)5-12/h9H,2-8H2,1H3,(H,13,17)(H,14,16). The minimum absolute atomic E-state index is 0.00805. The molecule has 1 rings (SSSR count). The van der Waals surface area contributed by atoms with Crippen molar-refractivity contribution in [1.29, 1.82) is 0 Å². The van der Waals surface area contributed by atoms with Crippen molar-refractivity contribution in [1.82, 2.24) is 15.5 Å². The molecule has 98 valence electrons. The van der Waals surface area contributed by atoms with Gasteiger partial charge in [0.2, 0.25) is 11.8 Å². The van der Waals surface area contributed by atoms with Crippen molar-refractivity contribution in [2.24, 2.45) is 5.92 Å². The number of piperidine rings is 1. The van der Waals surface area contributed by atoms with E-state index < -0.39 is 0 Å². The Morgan fingerprint density at radius 1 is 1.35 bits per heavy atom. The topological polar surface area (TPSA) is 61.4 Å². The van der Waals surface area contributed by atoms with Crippen LogP contribution in [0.2, 0.25) is 0 Å². The lowest BCUT2D eigenvalue weighted by molar-refractivity contribution is -0.125. The highest BCUT2D eigenvalue weighted by Gasteiger charge is 2.17. The van der Waals surface area contributed by atoms with Crippen molar-refractivity contribution in [3.63, 3.8) is 0 Å². The monoisotopic (exact) mass is 261 g/mol. The Morgan fingerprint density at radius 2 is 2.12 bits per heavy atom. The summed E-state index contributed by atoms with van der Waals surface area (Å²) in [7, 11) is 2.09. The number of alkyl halides is 1. The van der Waals surface area contributed by atoms with Gasteiger partial charge in [0.1, 0.15) is 5.88 Å². The van der Waals surface area contributed by atoms with Crippen molar-refractivity contribution in [3.05, 3.63) is 0 Å². The molecule has 1 aliphatic heterocycles. The summed E-state index contributed by atoms with van der Waals surface area (Å²) < 4.78 is 0. The summed E-state index contributed by atoms with van der Waals surface area (Å²) in [6, 6.07) is 0. The van der Waals surface area contributed by atoms with Gasteiger partial charge in [0.05, 0.1) is 6.54 Å². The zero-order chi connectivity index (χ0) is 12.7. The second-order valence-corrected chi connectivity index (χ2v) is 4.75. The lowest BCUT2D eigenvalue weighted by atomic mass is 9.98. The number of nitrogens with one attached hydrogen (secondary N) is 2. The molecule has 1 saturated heterocycles. The minimum Gasteiger partial charge on any atom is -0.354 e. The molecule has 1 aliphatic rings. The number of carbonyl (C=O) groups is 2. The van der Waals surface area contributed by atoms with E-state index in [2.05, 4.69) is 22.6 Å². The maximum absolute atomic E-state index is 11.4. The molecule has 0 bridgehead atoms. The number of hydrogen-bond donors (Lipinski definition) is 2. The van der Waals surface area contributed by atoms with Crippen LogP contribution >= 0.6 is 11.6 Å². The van der Waals surface area contributed by atoms with E-state index in [4.69, 9.17) is 11.6 Å². The normalized spacial score (nSPS) is 20.9. The third kappa shape index (κ3) is 5.89. The van der Waals surface area contributed by atoms with E-state index in [-0.39, 0.29) is 24.2 Å². The van der Waals surface area contributed by atoms with Crippen molar-refractivity contribution < 1.29 is 9.59 Å². The van der Waals surface area contributed by atoms with E-state index in [9.17, 15) is 9.59 Å². The summed E-state index contributed by atoms with van der Waals surface area (Å²) in [4.78, 5) is 24.5. The zero-order valence-corrected chi connectivity index (χ0v) is 10.9. The molecule has 1 heterocycles. The fourth-order valence-electron chi connectivity index (χ4n) is 1.99. The fourth-order valence-corrected chi connectivity index (χ4v) is 2.08. The summed E-state index contributed by atoms with van der Waals surface area (Å²) in [6.07, 6.45) is 2.33. The zero-order valence-electron chi connectivity index (χ0n) is 10.2. The number of rotatable bonds is 5. The number of likely N-dealkylation sites (tertiary alicyclic amines) is 1.